The fourth-order valence-corrected chi connectivity index (χ4v) is 1.99. The second-order valence-corrected chi connectivity index (χ2v) is 4.88. The van der Waals surface area contributed by atoms with E-state index in [1.54, 1.807) is 30.3 Å². The number of oxime groups is 1. The molecule has 2 aromatic carbocycles. The molecule has 8 heteroatoms. The first kappa shape index (κ1) is 18.3. The number of halogens is 3. The van der Waals surface area contributed by atoms with Crippen LogP contribution in [0.1, 0.15) is 21.5 Å². The average molecular weight is 352 g/mol. The van der Waals surface area contributed by atoms with Gasteiger partial charge in [-0.3, -0.25) is 4.79 Å². The lowest BCUT2D eigenvalue weighted by Crippen LogP contribution is -2.24. The Morgan fingerprint density at radius 1 is 1.16 bits per heavy atom. The minimum Gasteiger partial charge on any atom is -0.405 e. The van der Waals surface area contributed by atoms with Crippen LogP contribution in [-0.4, -0.2) is 25.6 Å². The summed E-state index contributed by atoms with van der Waals surface area (Å²) in [6.45, 7) is -0.0992. The molecule has 0 bridgehead atoms. The number of hydrogen-bond acceptors (Lipinski definition) is 4. The molecule has 0 aliphatic rings. The Labute approximate surface area is 142 Å². The maximum Gasteiger partial charge on any atom is 0.573 e. The fourth-order valence-electron chi connectivity index (χ4n) is 1.99. The predicted molar refractivity (Wildman–Crippen MR) is 85.3 cm³/mol. The average Bonchev–Trinajstić information content (AvgIpc) is 2.58. The molecule has 0 aliphatic carbocycles. The van der Waals surface area contributed by atoms with Crippen LogP contribution in [0, 0.1) is 0 Å². The van der Waals surface area contributed by atoms with Gasteiger partial charge in [0.2, 0.25) is 0 Å². The first-order valence-electron chi connectivity index (χ1n) is 7.17. The molecule has 0 aromatic heterocycles. The zero-order chi connectivity index (χ0) is 18.3. The molecule has 0 heterocycles. The zero-order valence-corrected chi connectivity index (χ0v) is 13.2. The van der Waals surface area contributed by atoms with Crippen molar-refractivity contribution in [2.24, 2.45) is 5.16 Å². The van der Waals surface area contributed by atoms with Crippen molar-refractivity contribution >= 4 is 12.1 Å². The van der Waals surface area contributed by atoms with Gasteiger partial charge < -0.3 is 14.9 Å². The van der Waals surface area contributed by atoms with Crippen LogP contribution in [0.2, 0.25) is 0 Å². The monoisotopic (exact) mass is 352 g/mol. The molecule has 2 aromatic rings. The molecule has 1 N–H and O–H groups in total. The van der Waals surface area contributed by atoms with Crippen LogP contribution in [0.3, 0.4) is 0 Å². The number of amides is 1. The van der Waals surface area contributed by atoms with Crippen molar-refractivity contribution in [2.75, 3.05) is 7.11 Å². The van der Waals surface area contributed by atoms with Gasteiger partial charge in [-0.25, -0.2) is 0 Å². The van der Waals surface area contributed by atoms with E-state index in [0.717, 1.165) is 5.56 Å². The highest BCUT2D eigenvalue weighted by Gasteiger charge is 2.31. The van der Waals surface area contributed by atoms with Gasteiger partial charge in [-0.15, -0.1) is 13.2 Å². The molecule has 0 unspecified atom stereocenters. The number of nitrogens with zero attached hydrogens (tertiary/aromatic N) is 1. The summed E-state index contributed by atoms with van der Waals surface area (Å²) < 4.78 is 41.1. The van der Waals surface area contributed by atoms with Crippen molar-refractivity contribution in [2.45, 2.75) is 12.9 Å². The van der Waals surface area contributed by atoms with E-state index >= 15 is 0 Å². The number of para-hydroxylation sites is 1. The molecule has 0 aliphatic heterocycles. The molecule has 0 saturated carbocycles. The number of hydrogen-bond donors (Lipinski definition) is 1. The van der Waals surface area contributed by atoms with Gasteiger partial charge in [0.25, 0.3) is 5.91 Å². The molecule has 2 rings (SSSR count). The van der Waals surface area contributed by atoms with E-state index in [1.807, 2.05) is 0 Å². The summed E-state index contributed by atoms with van der Waals surface area (Å²) in [7, 11) is 1.42. The molecule has 0 atom stereocenters. The Bertz CT molecular complexity index is 744. The molecule has 25 heavy (non-hydrogen) atoms. The van der Waals surface area contributed by atoms with E-state index in [0.29, 0.717) is 5.56 Å². The highest BCUT2D eigenvalue weighted by molar-refractivity contribution is 5.95. The normalized spacial score (nSPS) is 11.4. The van der Waals surface area contributed by atoms with Gasteiger partial charge in [-0.2, -0.15) is 0 Å². The Balaban J connectivity index is 2.01. The van der Waals surface area contributed by atoms with E-state index in [-0.39, 0.29) is 17.9 Å². The summed E-state index contributed by atoms with van der Waals surface area (Å²) in [5, 5.41) is 6.16. The third kappa shape index (κ3) is 5.83. The first-order valence-corrected chi connectivity index (χ1v) is 7.17. The van der Waals surface area contributed by atoms with Gasteiger partial charge in [0.15, 0.2) is 0 Å². The topological polar surface area (TPSA) is 59.9 Å². The second kappa shape index (κ2) is 8.18. The first-order chi connectivity index (χ1) is 11.9. The molecule has 1 amide bonds. The number of alkyl halides is 3. The smallest absolute Gasteiger partial charge is 0.405 e. The zero-order valence-electron chi connectivity index (χ0n) is 13.2. The van der Waals surface area contributed by atoms with Gasteiger partial charge in [0, 0.05) is 17.7 Å². The molecule has 0 radical (unpaired) electrons. The quantitative estimate of drug-likeness (QED) is 0.639. The van der Waals surface area contributed by atoms with Crippen molar-refractivity contribution in [1.82, 2.24) is 5.32 Å². The third-order valence-corrected chi connectivity index (χ3v) is 3.12. The third-order valence-electron chi connectivity index (χ3n) is 3.12. The van der Waals surface area contributed by atoms with Crippen LogP contribution in [0.5, 0.6) is 5.75 Å². The van der Waals surface area contributed by atoms with Crippen molar-refractivity contribution in [3.05, 3.63) is 65.2 Å². The minimum atomic E-state index is -4.79. The summed E-state index contributed by atoms with van der Waals surface area (Å²) in [6.07, 6.45) is -3.31. The Kier molecular flexibility index (Phi) is 5.99. The number of carbonyl (C=O) groups excluding carboxylic acids is 1. The Hall–Kier alpha value is -3.03. The summed E-state index contributed by atoms with van der Waals surface area (Å²) in [5.74, 6) is -0.765. The number of ether oxygens (including phenoxy) is 1. The van der Waals surface area contributed by atoms with E-state index in [1.165, 1.54) is 31.5 Å². The number of nitrogens with one attached hydrogen (secondary N) is 1. The van der Waals surface area contributed by atoms with E-state index in [2.05, 4.69) is 20.0 Å². The van der Waals surface area contributed by atoms with Crippen molar-refractivity contribution in [3.63, 3.8) is 0 Å². The van der Waals surface area contributed by atoms with Gasteiger partial charge in [-0.1, -0.05) is 35.5 Å². The Morgan fingerprint density at radius 3 is 2.48 bits per heavy atom. The van der Waals surface area contributed by atoms with Crippen LogP contribution in [0.25, 0.3) is 0 Å². The van der Waals surface area contributed by atoms with E-state index < -0.39 is 12.3 Å². The SMILES string of the molecule is CO/N=C/c1ccc(C(=O)NCc2ccccc2OC(F)(F)F)cc1. The van der Waals surface area contributed by atoms with Gasteiger partial charge in [0.05, 0.1) is 6.21 Å². The lowest BCUT2D eigenvalue weighted by molar-refractivity contribution is -0.274. The highest BCUT2D eigenvalue weighted by Crippen LogP contribution is 2.26. The maximum atomic E-state index is 12.4. The van der Waals surface area contributed by atoms with Crippen LogP contribution in [-0.2, 0) is 11.4 Å². The van der Waals surface area contributed by atoms with Gasteiger partial charge in [-0.05, 0) is 23.8 Å². The summed E-state index contributed by atoms with van der Waals surface area (Å²) in [5.41, 5.74) is 1.32. The van der Waals surface area contributed by atoms with E-state index in [9.17, 15) is 18.0 Å². The minimum absolute atomic E-state index is 0.0992. The number of rotatable bonds is 6. The van der Waals surface area contributed by atoms with Crippen LogP contribution in [0.4, 0.5) is 13.2 Å². The van der Waals surface area contributed by atoms with Crippen molar-refractivity contribution in [3.8, 4) is 5.75 Å². The molecular formula is C17H15F3N2O3. The lowest BCUT2D eigenvalue weighted by Gasteiger charge is -2.13. The molecule has 132 valence electrons. The fraction of sp³-hybridized carbons (Fsp3) is 0.176. The standard InChI is InChI=1S/C17H15F3N2O3/c1-24-22-10-12-6-8-13(9-7-12)16(23)21-11-14-4-2-3-5-15(14)25-17(18,19)20/h2-10H,11H2,1H3,(H,21,23)/b22-10+. The summed E-state index contributed by atoms with van der Waals surface area (Å²) in [4.78, 5) is 16.7. The van der Waals surface area contributed by atoms with Crippen LogP contribution < -0.4 is 10.1 Å². The molecule has 5 nitrogen and oxygen atoms in total. The predicted octanol–water partition coefficient (Wildman–Crippen LogP) is 3.50. The highest BCUT2D eigenvalue weighted by atomic mass is 19.4. The maximum absolute atomic E-state index is 12.4. The largest absolute Gasteiger partial charge is 0.573 e. The number of benzene rings is 2. The van der Waals surface area contributed by atoms with Crippen molar-refractivity contribution in [1.29, 1.82) is 0 Å². The van der Waals surface area contributed by atoms with Crippen LogP contribution >= 0.6 is 0 Å². The van der Waals surface area contributed by atoms with Gasteiger partial charge in [0.1, 0.15) is 12.9 Å². The summed E-state index contributed by atoms with van der Waals surface area (Å²) >= 11 is 0. The van der Waals surface area contributed by atoms with Crippen molar-refractivity contribution < 1.29 is 27.5 Å². The van der Waals surface area contributed by atoms with E-state index in [4.69, 9.17) is 0 Å². The summed E-state index contributed by atoms with van der Waals surface area (Å²) in [6, 6.07) is 12.1. The molecule has 0 spiro atoms. The molecular weight excluding hydrogens is 337 g/mol. The number of carbonyl (C=O) groups is 1. The second-order valence-electron chi connectivity index (χ2n) is 4.88. The molecule has 0 saturated heterocycles. The van der Waals surface area contributed by atoms with Gasteiger partial charge >= 0.3 is 6.36 Å². The molecule has 0 fully saturated rings. The Morgan fingerprint density at radius 2 is 1.84 bits per heavy atom. The lowest BCUT2D eigenvalue weighted by atomic mass is 10.1. The van der Waals surface area contributed by atoms with Crippen LogP contribution in [0.15, 0.2) is 53.7 Å².